The van der Waals surface area contributed by atoms with E-state index >= 15 is 0 Å². The number of carbonyl (C=O) groups is 3. The first-order valence-electron chi connectivity index (χ1n) is 15.8. The second-order valence-corrected chi connectivity index (χ2v) is 11.6. The number of unbranched alkanes of at least 4 members (excludes halogenated alkanes) is 3. The van der Waals surface area contributed by atoms with E-state index in [1.807, 2.05) is 0 Å². The highest BCUT2D eigenvalue weighted by Gasteiger charge is 2.45. The maximum atomic E-state index is 12.3. The van der Waals surface area contributed by atoms with Crippen molar-refractivity contribution in [3.8, 4) is 0 Å². The van der Waals surface area contributed by atoms with Gasteiger partial charge in [0.1, 0.15) is 48.8 Å². The van der Waals surface area contributed by atoms with Crippen molar-refractivity contribution in [2.45, 2.75) is 132 Å². The second-order valence-electron chi connectivity index (χ2n) is 11.6. The standard InChI is InChI=1S/C29H52N2O15/c1-16(34)17(31-21(36)10-4-7-13-44-29-27(42)25(40)23(38)19(15-33)46-29)8-2-5-11-30-20(35)9-3-6-12-43-28-26(41)24(39)22(37)18(14-32)45-28/h17-19,22-29,32-33,37-42H,2-15H2,1H3,(H,30,35)(H,31,36)/t17?,18?,19?,22?,23?,24?,25-,26?,27?,28?,29?/m1/s1. The quantitative estimate of drug-likeness (QED) is 0.0528. The number of ether oxygens (including phenoxy) is 4. The van der Waals surface area contributed by atoms with E-state index in [-0.39, 0.29) is 43.7 Å². The van der Waals surface area contributed by atoms with Crippen molar-refractivity contribution >= 4 is 17.6 Å². The number of amides is 2. The van der Waals surface area contributed by atoms with Gasteiger partial charge in [-0.15, -0.1) is 0 Å². The van der Waals surface area contributed by atoms with E-state index in [1.165, 1.54) is 6.92 Å². The Kier molecular flexibility index (Phi) is 18.6. The maximum absolute atomic E-state index is 12.3. The minimum absolute atomic E-state index is 0.0910. The van der Waals surface area contributed by atoms with Crippen LogP contribution in [0.1, 0.15) is 64.7 Å². The van der Waals surface area contributed by atoms with Gasteiger partial charge in [-0.3, -0.25) is 14.4 Å². The second kappa shape index (κ2) is 21.2. The molecule has 2 heterocycles. The molecule has 2 aliphatic rings. The third-order valence-corrected chi connectivity index (χ3v) is 7.93. The van der Waals surface area contributed by atoms with Crippen molar-refractivity contribution in [2.75, 3.05) is 33.0 Å². The van der Waals surface area contributed by atoms with E-state index in [0.717, 1.165) is 0 Å². The summed E-state index contributed by atoms with van der Waals surface area (Å²) in [5, 5.41) is 83.1. The summed E-state index contributed by atoms with van der Waals surface area (Å²) >= 11 is 0. The number of Topliss-reactive ketones (excluding diaryl/α,β-unsaturated/α-hetero) is 1. The van der Waals surface area contributed by atoms with Gasteiger partial charge >= 0.3 is 0 Å². The van der Waals surface area contributed by atoms with E-state index in [0.29, 0.717) is 51.5 Å². The van der Waals surface area contributed by atoms with Crippen molar-refractivity contribution in [1.82, 2.24) is 10.6 Å². The van der Waals surface area contributed by atoms with Crippen LogP contribution in [0.15, 0.2) is 0 Å². The predicted octanol–water partition coefficient (Wildman–Crippen LogP) is -3.68. The first-order valence-corrected chi connectivity index (χ1v) is 15.8. The molecule has 0 radical (unpaired) electrons. The lowest BCUT2D eigenvalue weighted by molar-refractivity contribution is -0.301. The average molecular weight is 669 g/mol. The monoisotopic (exact) mass is 668 g/mol. The molecule has 17 heteroatoms. The molecule has 0 aromatic heterocycles. The van der Waals surface area contributed by atoms with Crippen LogP contribution in [0.3, 0.4) is 0 Å². The Morgan fingerprint density at radius 3 is 1.59 bits per heavy atom. The van der Waals surface area contributed by atoms with E-state index in [4.69, 9.17) is 18.9 Å². The lowest BCUT2D eigenvalue weighted by Crippen LogP contribution is -2.59. The van der Waals surface area contributed by atoms with Gasteiger partial charge in [0, 0.05) is 32.6 Å². The molecule has 2 rings (SSSR count). The highest BCUT2D eigenvalue weighted by atomic mass is 16.7. The number of ketones is 1. The molecule has 0 aromatic carbocycles. The molecule has 17 nitrogen and oxygen atoms in total. The predicted molar refractivity (Wildman–Crippen MR) is 157 cm³/mol. The largest absolute Gasteiger partial charge is 0.394 e. The van der Waals surface area contributed by atoms with Gasteiger partial charge in [-0.2, -0.15) is 0 Å². The molecule has 10 N–H and O–H groups in total. The Balaban J connectivity index is 1.52. The molecular formula is C29H52N2O15. The van der Waals surface area contributed by atoms with Crippen LogP contribution >= 0.6 is 0 Å². The van der Waals surface area contributed by atoms with Crippen molar-refractivity contribution in [1.29, 1.82) is 0 Å². The lowest BCUT2D eigenvalue weighted by atomic mass is 9.99. The van der Waals surface area contributed by atoms with Gasteiger partial charge in [-0.1, -0.05) is 0 Å². The van der Waals surface area contributed by atoms with Gasteiger partial charge in [-0.05, 0) is 51.9 Å². The molecule has 46 heavy (non-hydrogen) atoms. The van der Waals surface area contributed by atoms with Gasteiger partial charge < -0.3 is 70.4 Å². The van der Waals surface area contributed by atoms with Gasteiger partial charge in [-0.25, -0.2) is 0 Å². The molecule has 2 fully saturated rings. The summed E-state index contributed by atoms with van der Waals surface area (Å²) in [7, 11) is 0. The summed E-state index contributed by atoms with van der Waals surface area (Å²) < 4.78 is 21.3. The summed E-state index contributed by atoms with van der Waals surface area (Å²) in [6.45, 7) is 0.898. The maximum Gasteiger partial charge on any atom is 0.220 e. The Bertz CT molecular complexity index is 910. The van der Waals surface area contributed by atoms with Crippen molar-refractivity contribution in [2.24, 2.45) is 0 Å². The molecule has 0 bridgehead atoms. The SMILES string of the molecule is CC(=O)C(CCCCNC(=O)CCCCOC1OC(CO)C(O)C(O)C1O)NC(=O)CCCCOC1OC(CO)C(O)[C@@H](O)C1O. The van der Waals surface area contributed by atoms with Crippen molar-refractivity contribution in [3.05, 3.63) is 0 Å². The zero-order valence-corrected chi connectivity index (χ0v) is 26.2. The van der Waals surface area contributed by atoms with Gasteiger partial charge in [0.15, 0.2) is 18.4 Å². The molecule has 0 saturated carbocycles. The average Bonchev–Trinajstić information content (AvgIpc) is 3.03. The highest BCUT2D eigenvalue weighted by Crippen LogP contribution is 2.23. The first-order chi connectivity index (χ1) is 21.9. The van der Waals surface area contributed by atoms with E-state index in [1.54, 1.807) is 0 Å². The molecule has 0 aliphatic carbocycles. The molecule has 11 atom stereocenters. The van der Waals surface area contributed by atoms with Crippen LogP contribution in [0.4, 0.5) is 0 Å². The highest BCUT2D eigenvalue weighted by molar-refractivity contribution is 5.87. The van der Waals surface area contributed by atoms with E-state index in [9.17, 15) is 55.2 Å². The van der Waals surface area contributed by atoms with Gasteiger partial charge in [0.25, 0.3) is 0 Å². The van der Waals surface area contributed by atoms with Crippen LogP contribution in [-0.4, -0.2) is 159 Å². The number of aliphatic hydroxyl groups excluding tert-OH is 8. The summed E-state index contributed by atoms with van der Waals surface area (Å²) in [5.74, 6) is -0.661. The van der Waals surface area contributed by atoms with Crippen LogP contribution < -0.4 is 10.6 Å². The lowest BCUT2D eigenvalue weighted by Gasteiger charge is -2.39. The minimum Gasteiger partial charge on any atom is -0.394 e. The van der Waals surface area contributed by atoms with Crippen LogP contribution in [0.25, 0.3) is 0 Å². The zero-order chi connectivity index (χ0) is 34.2. The van der Waals surface area contributed by atoms with Gasteiger partial charge in [0.2, 0.25) is 11.8 Å². The smallest absolute Gasteiger partial charge is 0.220 e. The summed E-state index contributed by atoms with van der Waals surface area (Å²) in [6.07, 6.45) is -9.77. The normalized spacial score (nSPS) is 32.1. The van der Waals surface area contributed by atoms with E-state index in [2.05, 4.69) is 10.6 Å². The van der Waals surface area contributed by atoms with Crippen LogP contribution in [0, 0.1) is 0 Å². The number of rotatable bonds is 21. The summed E-state index contributed by atoms with van der Waals surface area (Å²) in [6, 6.07) is -0.655. The Morgan fingerprint density at radius 2 is 1.13 bits per heavy atom. The summed E-state index contributed by atoms with van der Waals surface area (Å²) in [5.41, 5.74) is 0. The fourth-order valence-electron chi connectivity index (χ4n) is 5.02. The molecule has 2 aliphatic heterocycles. The number of carbonyl (C=O) groups excluding carboxylic acids is 3. The molecule has 268 valence electrons. The van der Waals surface area contributed by atoms with Crippen molar-refractivity contribution < 1.29 is 74.2 Å². The number of aliphatic hydroxyl groups is 8. The fraction of sp³-hybridized carbons (Fsp3) is 0.897. The number of nitrogens with one attached hydrogen (secondary N) is 2. The van der Waals surface area contributed by atoms with E-state index < -0.39 is 80.7 Å². The fourth-order valence-corrected chi connectivity index (χ4v) is 5.02. The molecule has 10 unspecified atom stereocenters. The van der Waals surface area contributed by atoms with Crippen LogP contribution in [-0.2, 0) is 33.3 Å². The summed E-state index contributed by atoms with van der Waals surface area (Å²) in [4.78, 5) is 36.5. The van der Waals surface area contributed by atoms with Crippen LogP contribution in [0.2, 0.25) is 0 Å². The molecule has 2 amide bonds. The first kappa shape index (κ1) is 40.3. The Hall–Kier alpha value is -1.87. The zero-order valence-electron chi connectivity index (χ0n) is 26.2. The Labute approximate surface area is 267 Å². The molecule has 2 saturated heterocycles. The number of hydrogen-bond donors (Lipinski definition) is 10. The molecule has 0 aromatic rings. The molecular weight excluding hydrogens is 616 g/mol. The third kappa shape index (κ3) is 13.0. The third-order valence-electron chi connectivity index (χ3n) is 7.93. The van der Waals surface area contributed by atoms with Crippen LogP contribution in [0.5, 0.6) is 0 Å². The van der Waals surface area contributed by atoms with Gasteiger partial charge in [0.05, 0.1) is 19.3 Å². The topological polar surface area (TPSA) is 274 Å². The minimum atomic E-state index is -1.53. The number of hydrogen-bond acceptors (Lipinski definition) is 15. The van der Waals surface area contributed by atoms with Crippen molar-refractivity contribution in [3.63, 3.8) is 0 Å². The molecule has 0 spiro atoms. The Morgan fingerprint density at radius 1 is 0.652 bits per heavy atom.